The van der Waals surface area contributed by atoms with Gasteiger partial charge in [0.1, 0.15) is 13.1 Å². The fourth-order valence-electron chi connectivity index (χ4n) is 4.64. The molecule has 1 saturated heterocycles. The Morgan fingerprint density at radius 1 is 0.759 bits per heavy atom. The maximum Gasteiger partial charge on any atom is 0.103 e. The Labute approximate surface area is 175 Å². The minimum atomic E-state index is 0.764. The molecule has 0 aliphatic carbocycles. The molecule has 0 saturated carbocycles. The molecule has 150 valence electrons. The Kier molecular flexibility index (Phi) is 7.06. The molecule has 3 heteroatoms. The summed E-state index contributed by atoms with van der Waals surface area (Å²) < 4.78 is 0. The van der Waals surface area contributed by atoms with Gasteiger partial charge in [-0.1, -0.05) is 60.7 Å². The number of pyridine rings is 1. The molecule has 1 atom stereocenters. The highest BCUT2D eigenvalue weighted by molar-refractivity contribution is 5.15. The van der Waals surface area contributed by atoms with Crippen LogP contribution in [0.4, 0.5) is 0 Å². The molecule has 0 radical (unpaired) electrons. The first kappa shape index (κ1) is 19.8. The minimum absolute atomic E-state index is 0.764. The van der Waals surface area contributed by atoms with E-state index in [9.17, 15) is 0 Å². The highest BCUT2D eigenvalue weighted by atomic mass is 15.2. The van der Waals surface area contributed by atoms with Gasteiger partial charge in [-0.3, -0.25) is 4.98 Å². The molecule has 4 rings (SSSR count). The summed E-state index contributed by atoms with van der Waals surface area (Å²) in [6.07, 6.45) is 7.62. The van der Waals surface area contributed by atoms with Gasteiger partial charge in [-0.15, -0.1) is 0 Å². The average molecular weight is 388 g/mol. The van der Waals surface area contributed by atoms with E-state index in [2.05, 4.69) is 77.8 Å². The zero-order valence-electron chi connectivity index (χ0n) is 17.3. The second-order valence-electron chi connectivity index (χ2n) is 8.36. The van der Waals surface area contributed by atoms with E-state index in [-0.39, 0.29) is 0 Å². The van der Waals surface area contributed by atoms with E-state index in [1.165, 1.54) is 49.2 Å². The number of hydrogen-bond donors (Lipinski definition) is 2. The van der Waals surface area contributed by atoms with Crippen molar-refractivity contribution in [2.75, 3.05) is 19.6 Å². The molecule has 1 aromatic heterocycles. The van der Waals surface area contributed by atoms with Gasteiger partial charge >= 0.3 is 0 Å². The maximum absolute atomic E-state index is 4.15. The van der Waals surface area contributed by atoms with Gasteiger partial charge in [-0.05, 0) is 17.7 Å². The molecule has 1 unspecified atom stereocenters. The quantitative estimate of drug-likeness (QED) is 0.606. The summed E-state index contributed by atoms with van der Waals surface area (Å²) in [6.45, 7) is 6.03. The van der Waals surface area contributed by atoms with Crippen LogP contribution in [0.2, 0.25) is 0 Å². The first-order chi connectivity index (χ1) is 14.4. The van der Waals surface area contributed by atoms with Crippen molar-refractivity contribution < 1.29 is 9.80 Å². The molecule has 1 aliphatic heterocycles. The zero-order valence-corrected chi connectivity index (χ0v) is 17.3. The van der Waals surface area contributed by atoms with Gasteiger partial charge in [0.15, 0.2) is 0 Å². The Bertz CT molecular complexity index is 828. The Hall–Kier alpha value is -2.49. The lowest BCUT2D eigenvalue weighted by Gasteiger charge is -2.34. The second kappa shape index (κ2) is 10.3. The van der Waals surface area contributed by atoms with E-state index < -0.39 is 0 Å². The van der Waals surface area contributed by atoms with Crippen LogP contribution < -0.4 is 9.80 Å². The third kappa shape index (κ3) is 5.99. The van der Waals surface area contributed by atoms with Crippen molar-refractivity contribution in [3.8, 4) is 0 Å². The summed E-state index contributed by atoms with van der Waals surface area (Å²) >= 11 is 0. The SMILES string of the molecule is c1ccc(CC[NH+](Cc2ccccc2)C2CC[NH+](Cc3ccncc3)CC2)cc1. The number of piperidine rings is 1. The largest absolute Gasteiger partial charge is 0.331 e. The van der Waals surface area contributed by atoms with Crippen LogP contribution in [0.3, 0.4) is 0 Å². The molecule has 3 nitrogen and oxygen atoms in total. The van der Waals surface area contributed by atoms with Crippen LogP contribution in [-0.2, 0) is 19.5 Å². The lowest BCUT2D eigenvalue weighted by molar-refractivity contribution is -0.970. The number of rotatable bonds is 8. The number of quaternary nitrogens is 2. The van der Waals surface area contributed by atoms with Gasteiger partial charge in [0.2, 0.25) is 0 Å². The van der Waals surface area contributed by atoms with Crippen LogP contribution in [-0.4, -0.2) is 30.7 Å². The number of nitrogens with zero attached hydrogens (tertiary/aromatic N) is 1. The molecule has 2 heterocycles. The fourth-order valence-corrected chi connectivity index (χ4v) is 4.64. The van der Waals surface area contributed by atoms with Gasteiger partial charge in [0.05, 0.1) is 25.7 Å². The third-order valence-corrected chi connectivity index (χ3v) is 6.33. The van der Waals surface area contributed by atoms with Gasteiger partial charge in [-0.2, -0.15) is 0 Å². The summed E-state index contributed by atoms with van der Waals surface area (Å²) in [5, 5.41) is 0. The van der Waals surface area contributed by atoms with Crippen molar-refractivity contribution in [3.05, 3.63) is 102 Å². The molecular formula is C26H33N3+2. The standard InChI is InChI=1S/C26H31N3/c1-3-7-23(8-4-1)13-20-29(22-24-9-5-2-6-10-24)26-14-18-28(19-15-26)21-25-11-16-27-17-12-25/h1-12,16-17,26H,13-15,18-22H2/p+2. The molecular weight excluding hydrogens is 354 g/mol. The van der Waals surface area contributed by atoms with E-state index in [0.717, 1.165) is 25.6 Å². The summed E-state index contributed by atoms with van der Waals surface area (Å²) in [4.78, 5) is 7.62. The van der Waals surface area contributed by atoms with Crippen LogP contribution >= 0.6 is 0 Å². The predicted octanol–water partition coefficient (Wildman–Crippen LogP) is 1.96. The highest BCUT2D eigenvalue weighted by Crippen LogP contribution is 2.03. The molecule has 2 N–H and O–H groups in total. The first-order valence-corrected chi connectivity index (χ1v) is 11.0. The van der Waals surface area contributed by atoms with Crippen molar-refractivity contribution in [3.63, 3.8) is 0 Å². The van der Waals surface area contributed by atoms with Gasteiger partial charge in [0.25, 0.3) is 0 Å². The summed E-state index contributed by atoms with van der Waals surface area (Å²) in [6, 6.07) is 27.1. The monoisotopic (exact) mass is 387 g/mol. The zero-order chi connectivity index (χ0) is 19.7. The summed E-state index contributed by atoms with van der Waals surface area (Å²) in [7, 11) is 0. The van der Waals surface area contributed by atoms with E-state index in [1.54, 1.807) is 9.80 Å². The number of hydrogen-bond acceptors (Lipinski definition) is 1. The number of aromatic nitrogens is 1. The van der Waals surface area contributed by atoms with Crippen LogP contribution in [0.15, 0.2) is 85.2 Å². The molecule has 0 spiro atoms. The maximum atomic E-state index is 4.15. The van der Waals surface area contributed by atoms with Crippen LogP contribution in [0, 0.1) is 0 Å². The van der Waals surface area contributed by atoms with Crippen molar-refractivity contribution >= 4 is 0 Å². The van der Waals surface area contributed by atoms with E-state index in [0.29, 0.717) is 0 Å². The topological polar surface area (TPSA) is 21.8 Å². The lowest BCUT2D eigenvalue weighted by atomic mass is 10.0. The highest BCUT2D eigenvalue weighted by Gasteiger charge is 2.30. The Morgan fingerprint density at radius 3 is 2.03 bits per heavy atom. The number of likely N-dealkylation sites (tertiary alicyclic amines) is 1. The summed E-state index contributed by atoms with van der Waals surface area (Å²) in [5.74, 6) is 0. The molecule has 0 amide bonds. The van der Waals surface area contributed by atoms with Crippen LogP contribution in [0.1, 0.15) is 29.5 Å². The molecule has 3 aromatic rings. The van der Waals surface area contributed by atoms with Gasteiger partial charge in [-0.25, -0.2) is 0 Å². The molecule has 2 aromatic carbocycles. The molecule has 0 bridgehead atoms. The van der Waals surface area contributed by atoms with Crippen molar-refractivity contribution in [2.24, 2.45) is 0 Å². The second-order valence-corrected chi connectivity index (χ2v) is 8.36. The number of benzene rings is 2. The van der Waals surface area contributed by atoms with Crippen molar-refractivity contribution in [1.82, 2.24) is 4.98 Å². The van der Waals surface area contributed by atoms with Crippen molar-refractivity contribution in [1.29, 1.82) is 0 Å². The predicted molar refractivity (Wildman–Crippen MR) is 118 cm³/mol. The Balaban J connectivity index is 1.36. The summed E-state index contributed by atoms with van der Waals surface area (Å²) in [5.41, 5.74) is 4.33. The van der Waals surface area contributed by atoms with Crippen LogP contribution in [0.25, 0.3) is 0 Å². The van der Waals surface area contributed by atoms with Gasteiger partial charge in [0, 0.05) is 42.8 Å². The molecule has 1 aliphatic rings. The normalized spacial score (nSPS) is 20.3. The Morgan fingerprint density at radius 2 is 1.38 bits per heavy atom. The lowest BCUT2D eigenvalue weighted by Crippen LogP contribution is -3.19. The molecule has 1 fully saturated rings. The van der Waals surface area contributed by atoms with Crippen LogP contribution in [0.5, 0.6) is 0 Å². The van der Waals surface area contributed by atoms with Gasteiger partial charge < -0.3 is 9.80 Å². The van der Waals surface area contributed by atoms with E-state index in [4.69, 9.17) is 0 Å². The number of nitrogens with one attached hydrogen (secondary N) is 2. The smallest absolute Gasteiger partial charge is 0.103 e. The third-order valence-electron chi connectivity index (χ3n) is 6.33. The van der Waals surface area contributed by atoms with Crippen molar-refractivity contribution in [2.45, 2.75) is 38.4 Å². The minimum Gasteiger partial charge on any atom is -0.331 e. The average Bonchev–Trinajstić information content (AvgIpc) is 2.79. The van der Waals surface area contributed by atoms with E-state index in [1.807, 2.05) is 12.4 Å². The first-order valence-electron chi connectivity index (χ1n) is 11.0. The molecule has 29 heavy (non-hydrogen) atoms. The fraction of sp³-hybridized carbons (Fsp3) is 0.346. The van der Waals surface area contributed by atoms with E-state index >= 15 is 0 Å².